The molecule has 0 aromatic rings. The average molecular weight is 242 g/mol. The Hall–Kier alpha value is 1.10. The Kier molecular flexibility index (Phi) is 5.57. The summed E-state index contributed by atoms with van der Waals surface area (Å²) in [6.45, 7) is 11.9. The summed E-state index contributed by atoms with van der Waals surface area (Å²) in [7, 11) is 0. The average Bonchev–Trinajstić information content (AvgIpc) is 1.97. The molecular weight excluding hydrogens is 221 g/mol. The van der Waals surface area contributed by atoms with Crippen molar-refractivity contribution in [2.24, 2.45) is 29.6 Å². The zero-order valence-corrected chi connectivity index (χ0v) is 11.9. The molecule has 1 saturated carbocycles. The molecule has 12 heavy (non-hydrogen) atoms. The smallest absolute Gasteiger partial charge is 0 e. The Morgan fingerprint density at radius 1 is 0.667 bits per heavy atom. The van der Waals surface area contributed by atoms with Crippen molar-refractivity contribution < 1.29 is 32.7 Å². The molecule has 1 fully saturated rings. The molecule has 4 atom stereocenters. The topological polar surface area (TPSA) is 0 Å². The minimum atomic E-state index is 0. The minimum absolute atomic E-state index is 0. The second-order valence-electron chi connectivity index (χ2n) is 4.49. The van der Waals surface area contributed by atoms with Crippen LogP contribution in [-0.2, 0) is 32.7 Å². The molecule has 1 aliphatic rings. The van der Waals surface area contributed by atoms with Gasteiger partial charge >= 0.3 is 0 Å². The predicted molar refractivity (Wildman–Crippen MR) is 50.1 cm³/mol. The van der Waals surface area contributed by atoms with Crippen molar-refractivity contribution in [2.75, 3.05) is 0 Å². The summed E-state index contributed by atoms with van der Waals surface area (Å²) in [5.74, 6) is 4.28. The predicted octanol–water partition coefficient (Wildman–Crippen LogP) is 3.38. The van der Waals surface area contributed by atoms with E-state index in [1.165, 1.54) is 0 Å². The molecule has 0 saturated heterocycles. The van der Waals surface area contributed by atoms with Gasteiger partial charge in [-0.05, 0) is 5.92 Å². The molecule has 0 aromatic carbocycles. The van der Waals surface area contributed by atoms with E-state index in [0.29, 0.717) is 0 Å². The largest absolute Gasteiger partial charge is 0.322 e. The van der Waals surface area contributed by atoms with Crippen LogP contribution < -0.4 is 0 Å². The van der Waals surface area contributed by atoms with Gasteiger partial charge in [-0.1, -0.05) is 46.5 Å². The van der Waals surface area contributed by atoms with E-state index in [1.54, 1.807) is 0 Å². The molecule has 0 aromatic heterocycles. The first-order valence-electron chi connectivity index (χ1n) is 4.89. The first-order chi connectivity index (χ1) is 5.04. The Labute approximate surface area is 103 Å². The molecule has 69 valence electrons. The molecule has 0 aliphatic heterocycles. The zero-order chi connectivity index (χ0) is 8.59. The van der Waals surface area contributed by atoms with Gasteiger partial charge < -0.3 is 6.42 Å². The van der Waals surface area contributed by atoms with E-state index in [4.69, 9.17) is 0 Å². The summed E-state index contributed by atoms with van der Waals surface area (Å²) in [4.78, 5) is 0. The fourth-order valence-electron chi connectivity index (χ4n) is 2.27. The Balaban J connectivity index is 0.00000121. The Morgan fingerprint density at radius 3 is 1.33 bits per heavy atom. The number of hydrogen-bond acceptors (Lipinski definition) is 0. The van der Waals surface area contributed by atoms with Crippen LogP contribution in [0.5, 0.6) is 0 Å². The molecule has 1 rings (SSSR count). The fraction of sp³-hybridized carbons (Fsp3) is 0.909. The maximum absolute atomic E-state index is 2.52. The maximum atomic E-state index is 2.52. The minimum Gasteiger partial charge on any atom is -0.322 e. The van der Waals surface area contributed by atoms with Gasteiger partial charge in [0, 0.05) is 32.7 Å². The van der Waals surface area contributed by atoms with Crippen LogP contribution in [0, 0.1) is 36.0 Å². The van der Waals surface area contributed by atoms with E-state index >= 15 is 0 Å². The summed E-state index contributed by atoms with van der Waals surface area (Å²) in [5.41, 5.74) is 0. The third-order valence-corrected chi connectivity index (χ3v) is 3.92. The van der Waals surface area contributed by atoms with Crippen LogP contribution in [0.3, 0.4) is 0 Å². The Bertz CT molecular complexity index is 119. The summed E-state index contributed by atoms with van der Waals surface area (Å²) in [6, 6.07) is 0. The fourth-order valence-corrected chi connectivity index (χ4v) is 2.27. The van der Waals surface area contributed by atoms with E-state index in [1.807, 2.05) is 0 Å². The van der Waals surface area contributed by atoms with Gasteiger partial charge in [-0.15, -0.1) is 0 Å². The van der Waals surface area contributed by atoms with Gasteiger partial charge in [0.05, 0.1) is 0 Å². The van der Waals surface area contributed by atoms with Crippen molar-refractivity contribution in [3.63, 3.8) is 0 Å². The normalized spacial score (nSPS) is 48.2. The van der Waals surface area contributed by atoms with Gasteiger partial charge in [0.2, 0.25) is 0 Å². The van der Waals surface area contributed by atoms with Crippen LogP contribution in [0.1, 0.15) is 34.6 Å². The summed E-state index contributed by atoms with van der Waals surface area (Å²) >= 11 is 0. The first kappa shape index (κ1) is 13.1. The van der Waals surface area contributed by atoms with Crippen molar-refractivity contribution in [2.45, 2.75) is 34.6 Å². The van der Waals surface area contributed by atoms with Crippen LogP contribution in [0.2, 0.25) is 0 Å². The van der Waals surface area contributed by atoms with E-state index in [-0.39, 0.29) is 32.7 Å². The van der Waals surface area contributed by atoms with Crippen molar-refractivity contribution in [3.8, 4) is 0 Å². The van der Waals surface area contributed by atoms with Gasteiger partial charge in [-0.2, -0.15) is 11.8 Å². The summed E-state index contributed by atoms with van der Waals surface area (Å²) in [5, 5.41) is 0. The van der Waals surface area contributed by atoms with Crippen LogP contribution in [0.15, 0.2) is 0 Å². The molecule has 0 nitrogen and oxygen atoms in total. The zero-order valence-electron chi connectivity index (χ0n) is 9.04. The first-order valence-corrected chi connectivity index (χ1v) is 4.89. The molecule has 0 N–H and O–H groups in total. The van der Waals surface area contributed by atoms with Crippen molar-refractivity contribution in [1.82, 2.24) is 0 Å². The molecule has 0 amide bonds. The van der Waals surface area contributed by atoms with E-state index in [9.17, 15) is 0 Å². The van der Waals surface area contributed by atoms with Crippen molar-refractivity contribution >= 4 is 0 Å². The molecule has 0 bridgehead atoms. The second kappa shape index (κ2) is 5.10. The van der Waals surface area contributed by atoms with Crippen molar-refractivity contribution in [3.05, 3.63) is 6.42 Å². The molecule has 1 aliphatic carbocycles. The third kappa shape index (κ3) is 2.55. The van der Waals surface area contributed by atoms with Gasteiger partial charge in [0.15, 0.2) is 0 Å². The van der Waals surface area contributed by atoms with E-state index in [0.717, 1.165) is 29.6 Å². The van der Waals surface area contributed by atoms with Gasteiger partial charge in [-0.3, -0.25) is 0 Å². The van der Waals surface area contributed by atoms with Crippen molar-refractivity contribution in [1.29, 1.82) is 0 Å². The van der Waals surface area contributed by atoms with E-state index < -0.39 is 0 Å². The third-order valence-electron chi connectivity index (χ3n) is 3.92. The Morgan fingerprint density at radius 2 is 1.00 bits per heavy atom. The molecule has 4 unspecified atom stereocenters. The molecule has 1 heteroatoms. The van der Waals surface area contributed by atoms with Crippen LogP contribution >= 0.6 is 0 Å². The molecule has 0 heterocycles. The van der Waals surface area contributed by atoms with Crippen LogP contribution in [0.4, 0.5) is 0 Å². The standard InChI is InChI=1S/C11H21.Y/c1-7-6-8(2)10(4)11(5)9(7)3;/h6-11H,1-5H3;/q-1;. The van der Waals surface area contributed by atoms with Crippen LogP contribution in [0.25, 0.3) is 0 Å². The summed E-state index contributed by atoms with van der Waals surface area (Å²) in [6.07, 6.45) is 2.52. The number of rotatable bonds is 0. The van der Waals surface area contributed by atoms with E-state index in [2.05, 4.69) is 41.0 Å². The quantitative estimate of drug-likeness (QED) is 0.571. The second-order valence-corrected chi connectivity index (χ2v) is 4.49. The molecule has 1 radical (unpaired) electrons. The molecule has 0 spiro atoms. The maximum Gasteiger partial charge on any atom is 0 e. The van der Waals surface area contributed by atoms with Crippen LogP contribution in [-0.4, -0.2) is 0 Å². The summed E-state index contributed by atoms with van der Waals surface area (Å²) < 4.78 is 0. The SMILES string of the molecule is CC1[CH-]C(C)C(C)C(C)C1C.[Y]. The molecular formula is C11H21Y-. The number of hydrogen-bond donors (Lipinski definition) is 0. The monoisotopic (exact) mass is 242 g/mol. The van der Waals surface area contributed by atoms with Gasteiger partial charge in [0.1, 0.15) is 0 Å². The van der Waals surface area contributed by atoms with Gasteiger partial charge in [0.25, 0.3) is 0 Å². The van der Waals surface area contributed by atoms with Gasteiger partial charge in [-0.25, -0.2) is 0 Å².